The third-order valence-electron chi connectivity index (χ3n) is 11.9. The third kappa shape index (κ3) is 5.51. The fraction of sp³-hybridized carbons (Fsp3) is 0. The average molecular weight is 753 g/mol. The first-order chi connectivity index (χ1) is 29.2. The highest BCUT2D eigenvalue weighted by Crippen LogP contribution is 2.42. The van der Waals surface area contributed by atoms with Gasteiger partial charge in [0.2, 0.25) is 0 Å². The maximum atomic E-state index is 6.34. The number of para-hydroxylation sites is 2. The first-order valence-electron chi connectivity index (χ1n) is 20.2. The van der Waals surface area contributed by atoms with E-state index in [9.17, 15) is 0 Å². The van der Waals surface area contributed by atoms with Gasteiger partial charge in [0.1, 0.15) is 11.2 Å². The van der Waals surface area contributed by atoms with Crippen molar-refractivity contribution < 1.29 is 4.42 Å². The summed E-state index contributed by atoms with van der Waals surface area (Å²) in [5.74, 6) is 0. The van der Waals surface area contributed by atoms with Crippen molar-refractivity contribution in [3.8, 4) is 27.9 Å². The summed E-state index contributed by atoms with van der Waals surface area (Å²) in [6.45, 7) is 0. The van der Waals surface area contributed by atoms with Crippen LogP contribution in [0.1, 0.15) is 0 Å². The molecule has 276 valence electrons. The summed E-state index contributed by atoms with van der Waals surface area (Å²) in [7, 11) is 0. The van der Waals surface area contributed by atoms with Gasteiger partial charge in [-0.2, -0.15) is 0 Å². The van der Waals surface area contributed by atoms with E-state index in [0.29, 0.717) is 0 Å². The van der Waals surface area contributed by atoms with Crippen molar-refractivity contribution in [3.05, 3.63) is 218 Å². The predicted octanol–water partition coefficient (Wildman–Crippen LogP) is 15.8. The smallest absolute Gasteiger partial charge is 0.137 e. The van der Waals surface area contributed by atoms with E-state index < -0.39 is 0 Å². The number of benzene rings is 10. The van der Waals surface area contributed by atoms with Crippen molar-refractivity contribution in [3.63, 3.8) is 0 Å². The van der Waals surface area contributed by atoms with Crippen LogP contribution in [0.5, 0.6) is 0 Å². The molecule has 3 nitrogen and oxygen atoms in total. The molecule has 59 heavy (non-hydrogen) atoms. The molecule has 0 amide bonds. The van der Waals surface area contributed by atoms with Crippen LogP contribution >= 0.6 is 0 Å². The minimum Gasteiger partial charge on any atom is -0.456 e. The molecule has 0 radical (unpaired) electrons. The number of anilines is 3. The molecule has 0 aliphatic rings. The van der Waals surface area contributed by atoms with Crippen LogP contribution in [-0.2, 0) is 0 Å². The fourth-order valence-electron chi connectivity index (χ4n) is 9.11. The molecule has 0 unspecified atom stereocenters. The zero-order valence-electron chi connectivity index (χ0n) is 32.1. The lowest BCUT2D eigenvalue weighted by Crippen LogP contribution is -2.10. The maximum Gasteiger partial charge on any atom is 0.137 e. The van der Waals surface area contributed by atoms with E-state index in [-0.39, 0.29) is 0 Å². The summed E-state index contributed by atoms with van der Waals surface area (Å²) in [4.78, 5) is 2.40. The fourth-order valence-corrected chi connectivity index (χ4v) is 9.11. The summed E-state index contributed by atoms with van der Waals surface area (Å²) in [6.07, 6.45) is 0. The normalized spacial score (nSPS) is 11.7. The number of hydrogen-bond acceptors (Lipinski definition) is 2. The second-order valence-corrected chi connectivity index (χ2v) is 15.4. The molecule has 0 aliphatic heterocycles. The summed E-state index contributed by atoms with van der Waals surface area (Å²) in [5, 5.41) is 9.60. The first kappa shape index (κ1) is 33.3. The minimum absolute atomic E-state index is 0.892. The Morgan fingerprint density at radius 1 is 0.322 bits per heavy atom. The molecule has 2 heterocycles. The third-order valence-corrected chi connectivity index (χ3v) is 11.9. The second-order valence-electron chi connectivity index (χ2n) is 15.4. The van der Waals surface area contributed by atoms with Crippen LogP contribution in [0.4, 0.5) is 17.1 Å². The molecule has 0 fully saturated rings. The van der Waals surface area contributed by atoms with Crippen LogP contribution in [0.3, 0.4) is 0 Å². The topological polar surface area (TPSA) is 21.3 Å². The van der Waals surface area contributed by atoms with Gasteiger partial charge in [0.05, 0.1) is 16.7 Å². The van der Waals surface area contributed by atoms with Crippen LogP contribution in [0.25, 0.3) is 93.2 Å². The zero-order chi connectivity index (χ0) is 38.9. The van der Waals surface area contributed by atoms with Crippen LogP contribution in [-0.4, -0.2) is 4.57 Å². The molecule has 0 aliphatic carbocycles. The van der Waals surface area contributed by atoms with Gasteiger partial charge in [0.25, 0.3) is 0 Å². The molecule has 12 rings (SSSR count). The SMILES string of the molecule is c1cc(-c2ccc(-c3ccc4c5ccccc5n(-c5ccc6c(c5)oc5ccccc56)c4c3)cc2)cc(N(c2ccc3ccccc3c2)c2cccc3ccccc23)c1. The molecular weight excluding hydrogens is 717 g/mol. The van der Waals surface area contributed by atoms with Crippen LogP contribution < -0.4 is 4.90 Å². The number of furan rings is 1. The van der Waals surface area contributed by atoms with Crippen molar-refractivity contribution >= 4 is 82.4 Å². The Labute approximate surface area is 341 Å². The molecule has 0 spiro atoms. The quantitative estimate of drug-likeness (QED) is 0.169. The Balaban J connectivity index is 0.938. The molecule has 0 saturated carbocycles. The predicted molar refractivity (Wildman–Crippen MR) is 249 cm³/mol. The first-order valence-corrected chi connectivity index (χ1v) is 20.2. The van der Waals surface area contributed by atoms with Crippen molar-refractivity contribution in [1.29, 1.82) is 0 Å². The largest absolute Gasteiger partial charge is 0.456 e. The Hall–Kier alpha value is -7.88. The molecule has 0 N–H and O–H groups in total. The molecule has 10 aromatic carbocycles. The lowest BCUT2D eigenvalue weighted by molar-refractivity contribution is 0.668. The van der Waals surface area contributed by atoms with Gasteiger partial charge in [-0.15, -0.1) is 0 Å². The van der Waals surface area contributed by atoms with E-state index in [2.05, 4.69) is 216 Å². The Bertz CT molecular complexity index is 3570. The lowest BCUT2D eigenvalue weighted by atomic mass is 9.98. The number of fused-ring (bicyclic) bond motifs is 8. The molecule has 0 bridgehead atoms. The summed E-state index contributed by atoms with van der Waals surface area (Å²) >= 11 is 0. The number of hydrogen-bond donors (Lipinski definition) is 0. The highest BCUT2D eigenvalue weighted by atomic mass is 16.3. The van der Waals surface area contributed by atoms with Gasteiger partial charge in [-0.3, -0.25) is 0 Å². The van der Waals surface area contributed by atoms with Crippen molar-refractivity contribution in [2.24, 2.45) is 0 Å². The van der Waals surface area contributed by atoms with Gasteiger partial charge in [-0.25, -0.2) is 0 Å². The Kier molecular flexibility index (Phi) is 7.54. The highest BCUT2D eigenvalue weighted by Gasteiger charge is 2.18. The van der Waals surface area contributed by atoms with E-state index in [4.69, 9.17) is 4.42 Å². The van der Waals surface area contributed by atoms with Crippen LogP contribution in [0, 0.1) is 0 Å². The number of nitrogens with zero attached hydrogens (tertiary/aromatic N) is 2. The minimum atomic E-state index is 0.892. The second kappa shape index (κ2) is 13.4. The molecule has 0 saturated heterocycles. The Morgan fingerprint density at radius 2 is 0.932 bits per heavy atom. The van der Waals surface area contributed by atoms with E-state index in [1.165, 1.54) is 54.5 Å². The monoisotopic (exact) mass is 752 g/mol. The van der Waals surface area contributed by atoms with Gasteiger partial charge in [-0.05, 0) is 99.1 Å². The van der Waals surface area contributed by atoms with Gasteiger partial charge < -0.3 is 13.9 Å². The van der Waals surface area contributed by atoms with E-state index >= 15 is 0 Å². The molecule has 3 heteroatoms. The van der Waals surface area contributed by atoms with E-state index in [0.717, 1.165) is 55.8 Å². The maximum absolute atomic E-state index is 6.34. The van der Waals surface area contributed by atoms with Gasteiger partial charge in [0, 0.05) is 50.1 Å². The molecule has 12 aromatic rings. The summed E-state index contributed by atoms with van der Waals surface area (Å²) in [5.41, 5.74) is 13.3. The number of aromatic nitrogens is 1. The van der Waals surface area contributed by atoms with Crippen LogP contribution in [0.15, 0.2) is 223 Å². The van der Waals surface area contributed by atoms with Gasteiger partial charge >= 0.3 is 0 Å². The molecular formula is C56H36N2O. The van der Waals surface area contributed by atoms with Crippen LogP contribution in [0.2, 0.25) is 0 Å². The van der Waals surface area contributed by atoms with Crippen molar-refractivity contribution in [1.82, 2.24) is 4.57 Å². The van der Waals surface area contributed by atoms with Gasteiger partial charge in [-0.1, -0.05) is 152 Å². The van der Waals surface area contributed by atoms with Crippen molar-refractivity contribution in [2.75, 3.05) is 4.90 Å². The van der Waals surface area contributed by atoms with Gasteiger partial charge in [0.15, 0.2) is 0 Å². The van der Waals surface area contributed by atoms with Crippen molar-refractivity contribution in [2.45, 2.75) is 0 Å². The van der Waals surface area contributed by atoms with E-state index in [1.54, 1.807) is 0 Å². The van der Waals surface area contributed by atoms with E-state index in [1.807, 2.05) is 12.1 Å². The highest BCUT2D eigenvalue weighted by molar-refractivity contribution is 6.11. The zero-order valence-corrected chi connectivity index (χ0v) is 32.1. The molecule has 2 aromatic heterocycles. The Morgan fingerprint density at radius 3 is 1.80 bits per heavy atom. The summed E-state index contributed by atoms with van der Waals surface area (Å²) < 4.78 is 8.71. The number of rotatable bonds is 6. The average Bonchev–Trinajstić information content (AvgIpc) is 3.84. The lowest BCUT2D eigenvalue weighted by Gasteiger charge is -2.27. The standard InChI is InChI=1S/C56H36N2O/c1-2-13-41-34-45(29-27-37(41)11-1)57(52-21-10-14-40-12-3-4-17-47(40)52)44-16-9-15-42(33-44)38-23-25-39(26-24-38)43-28-31-49-48-18-5-7-20-53(48)58(54(49)35-43)46-30-32-51-50-19-6-8-22-55(50)59-56(51)36-46/h1-36H. The summed E-state index contributed by atoms with van der Waals surface area (Å²) in [6, 6.07) is 78.9. The molecule has 0 atom stereocenters.